The van der Waals surface area contributed by atoms with Crippen molar-refractivity contribution in [2.75, 3.05) is 18.1 Å². The highest BCUT2D eigenvalue weighted by atomic mass is 32.2. The zero-order valence-corrected chi connectivity index (χ0v) is 10.2. The van der Waals surface area contributed by atoms with E-state index in [4.69, 9.17) is 0 Å². The molecule has 1 atom stereocenters. The number of carbonyl (C=O) groups excluding carboxylic acids is 1. The molecular weight excluding hydrogens is 208 g/mol. The first-order valence-corrected chi connectivity index (χ1v) is 7.04. The van der Waals surface area contributed by atoms with Crippen LogP contribution in [0.1, 0.15) is 32.6 Å². The molecule has 0 radical (unpaired) electrons. The summed E-state index contributed by atoms with van der Waals surface area (Å²) in [6.07, 6.45) is 4.66. The van der Waals surface area contributed by atoms with Crippen molar-refractivity contribution >= 4 is 17.7 Å². The Labute approximate surface area is 95.8 Å². The fraction of sp³-hybridized carbons (Fsp3) is 0.909. The summed E-state index contributed by atoms with van der Waals surface area (Å²) in [5.74, 6) is 2.26. The van der Waals surface area contributed by atoms with Crippen LogP contribution < -0.4 is 10.6 Å². The fourth-order valence-corrected chi connectivity index (χ4v) is 3.19. The highest BCUT2D eigenvalue weighted by molar-refractivity contribution is 7.99. The number of thioether (sulfide) groups is 1. The van der Waals surface area contributed by atoms with Gasteiger partial charge in [-0.2, -0.15) is 11.8 Å². The first-order chi connectivity index (χ1) is 7.26. The van der Waals surface area contributed by atoms with Crippen molar-refractivity contribution in [3.63, 3.8) is 0 Å². The van der Waals surface area contributed by atoms with E-state index in [0.717, 1.165) is 37.3 Å². The molecule has 0 aromatic rings. The second-order valence-electron chi connectivity index (χ2n) is 4.56. The molecule has 1 unspecified atom stereocenters. The Balaban J connectivity index is 1.85. The molecule has 86 valence electrons. The predicted molar refractivity (Wildman–Crippen MR) is 64.1 cm³/mol. The fourth-order valence-electron chi connectivity index (χ4n) is 2.25. The topological polar surface area (TPSA) is 41.1 Å². The molecule has 3 nitrogen and oxygen atoms in total. The highest BCUT2D eigenvalue weighted by Crippen LogP contribution is 2.34. The Morgan fingerprint density at radius 1 is 1.60 bits per heavy atom. The molecule has 1 aliphatic carbocycles. The minimum atomic E-state index is 0.0350. The van der Waals surface area contributed by atoms with E-state index < -0.39 is 0 Å². The van der Waals surface area contributed by atoms with Crippen LogP contribution in [0.4, 0.5) is 0 Å². The maximum atomic E-state index is 12.0. The third kappa shape index (κ3) is 2.48. The summed E-state index contributed by atoms with van der Waals surface area (Å²) in [6, 6.07) is 0.0350. The van der Waals surface area contributed by atoms with Crippen LogP contribution in [0, 0.1) is 0 Å². The summed E-state index contributed by atoms with van der Waals surface area (Å²) in [6.45, 7) is 3.13. The summed E-state index contributed by atoms with van der Waals surface area (Å²) in [4.78, 5) is 12.0. The van der Waals surface area contributed by atoms with E-state index in [-0.39, 0.29) is 17.5 Å². The Kier molecular flexibility index (Phi) is 3.57. The third-order valence-corrected chi connectivity index (χ3v) is 4.68. The van der Waals surface area contributed by atoms with Crippen LogP contribution in [0.2, 0.25) is 0 Å². The van der Waals surface area contributed by atoms with E-state index >= 15 is 0 Å². The smallest absolute Gasteiger partial charge is 0.238 e. The minimum absolute atomic E-state index is 0.0350. The number of amides is 1. The third-order valence-electron chi connectivity index (χ3n) is 3.61. The number of nitrogens with one attached hydrogen (secondary N) is 2. The predicted octanol–water partition coefficient (Wildman–Crippen LogP) is 1.14. The number of rotatable bonds is 3. The molecule has 15 heavy (non-hydrogen) atoms. The standard InChI is InChI=1S/C11H20N2OS/c1-2-11(4-3-5-11)13-10(14)9-8-15-7-6-12-9/h9,12H,2-8H2,1H3,(H,13,14). The molecule has 1 amide bonds. The molecule has 0 aromatic heterocycles. The van der Waals surface area contributed by atoms with Gasteiger partial charge in [-0.1, -0.05) is 6.92 Å². The van der Waals surface area contributed by atoms with Gasteiger partial charge in [-0.15, -0.1) is 0 Å². The summed E-state index contributed by atoms with van der Waals surface area (Å²) in [7, 11) is 0. The molecular formula is C11H20N2OS. The van der Waals surface area contributed by atoms with Gasteiger partial charge in [-0.05, 0) is 25.7 Å². The normalized spacial score (nSPS) is 29.3. The van der Waals surface area contributed by atoms with Crippen molar-refractivity contribution in [2.45, 2.75) is 44.2 Å². The van der Waals surface area contributed by atoms with E-state index in [1.165, 1.54) is 6.42 Å². The van der Waals surface area contributed by atoms with Crippen LogP contribution in [0.15, 0.2) is 0 Å². The Morgan fingerprint density at radius 3 is 2.87 bits per heavy atom. The average Bonchev–Trinajstić information content (AvgIpc) is 2.24. The zero-order valence-electron chi connectivity index (χ0n) is 9.34. The Hall–Kier alpha value is -0.220. The van der Waals surface area contributed by atoms with Crippen molar-refractivity contribution in [1.82, 2.24) is 10.6 Å². The van der Waals surface area contributed by atoms with Gasteiger partial charge in [0.1, 0.15) is 0 Å². The van der Waals surface area contributed by atoms with E-state index in [9.17, 15) is 4.79 Å². The van der Waals surface area contributed by atoms with Gasteiger partial charge in [-0.25, -0.2) is 0 Å². The van der Waals surface area contributed by atoms with Gasteiger partial charge in [0.25, 0.3) is 0 Å². The maximum Gasteiger partial charge on any atom is 0.238 e. The van der Waals surface area contributed by atoms with Crippen molar-refractivity contribution < 1.29 is 4.79 Å². The summed E-state index contributed by atoms with van der Waals surface area (Å²) < 4.78 is 0. The van der Waals surface area contributed by atoms with E-state index in [1.54, 1.807) is 0 Å². The van der Waals surface area contributed by atoms with Crippen molar-refractivity contribution in [3.8, 4) is 0 Å². The van der Waals surface area contributed by atoms with E-state index in [1.807, 2.05) is 11.8 Å². The summed E-state index contributed by atoms with van der Waals surface area (Å²) >= 11 is 1.87. The van der Waals surface area contributed by atoms with Crippen LogP contribution >= 0.6 is 11.8 Å². The largest absolute Gasteiger partial charge is 0.349 e. The molecule has 1 saturated heterocycles. The van der Waals surface area contributed by atoms with Gasteiger partial charge in [0.15, 0.2) is 0 Å². The first kappa shape index (κ1) is 11.3. The second-order valence-corrected chi connectivity index (χ2v) is 5.71. The molecule has 2 fully saturated rings. The maximum absolute atomic E-state index is 12.0. The molecule has 4 heteroatoms. The SMILES string of the molecule is CCC1(NC(=O)C2CSCCN2)CCC1. The highest BCUT2D eigenvalue weighted by Gasteiger charge is 2.37. The Morgan fingerprint density at radius 2 is 2.40 bits per heavy atom. The summed E-state index contributed by atoms with van der Waals surface area (Å²) in [5.41, 5.74) is 0.140. The second kappa shape index (κ2) is 4.74. The Bertz CT molecular complexity index is 229. The van der Waals surface area contributed by atoms with Crippen molar-refractivity contribution in [3.05, 3.63) is 0 Å². The average molecular weight is 228 g/mol. The number of carbonyl (C=O) groups is 1. The molecule has 2 aliphatic rings. The first-order valence-electron chi connectivity index (χ1n) is 5.89. The van der Waals surface area contributed by atoms with Crippen molar-refractivity contribution in [1.29, 1.82) is 0 Å². The molecule has 1 heterocycles. The van der Waals surface area contributed by atoms with Gasteiger partial charge in [0, 0.05) is 23.6 Å². The molecule has 2 rings (SSSR count). The van der Waals surface area contributed by atoms with Gasteiger partial charge in [0.05, 0.1) is 6.04 Å². The molecule has 0 aromatic carbocycles. The van der Waals surface area contributed by atoms with Crippen LogP contribution in [-0.2, 0) is 4.79 Å². The quantitative estimate of drug-likeness (QED) is 0.761. The molecule has 1 aliphatic heterocycles. The van der Waals surface area contributed by atoms with Gasteiger partial charge < -0.3 is 10.6 Å². The molecule has 0 bridgehead atoms. The number of hydrogen-bond acceptors (Lipinski definition) is 3. The molecule has 1 saturated carbocycles. The van der Waals surface area contributed by atoms with E-state index in [2.05, 4.69) is 17.6 Å². The summed E-state index contributed by atoms with van der Waals surface area (Å²) in [5, 5.41) is 6.52. The lowest BCUT2D eigenvalue weighted by atomic mass is 9.74. The monoisotopic (exact) mass is 228 g/mol. The lowest BCUT2D eigenvalue weighted by molar-refractivity contribution is -0.125. The van der Waals surface area contributed by atoms with Gasteiger partial charge in [-0.3, -0.25) is 4.79 Å². The minimum Gasteiger partial charge on any atom is -0.349 e. The van der Waals surface area contributed by atoms with Crippen LogP contribution in [0.25, 0.3) is 0 Å². The lowest BCUT2D eigenvalue weighted by Crippen LogP contribution is -2.59. The van der Waals surface area contributed by atoms with Crippen LogP contribution in [0.5, 0.6) is 0 Å². The molecule has 2 N–H and O–H groups in total. The van der Waals surface area contributed by atoms with E-state index in [0.29, 0.717) is 0 Å². The van der Waals surface area contributed by atoms with Crippen molar-refractivity contribution in [2.24, 2.45) is 0 Å². The van der Waals surface area contributed by atoms with Gasteiger partial charge >= 0.3 is 0 Å². The number of hydrogen-bond donors (Lipinski definition) is 2. The van der Waals surface area contributed by atoms with Crippen LogP contribution in [-0.4, -0.2) is 35.5 Å². The lowest BCUT2D eigenvalue weighted by Gasteiger charge is -2.43. The van der Waals surface area contributed by atoms with Gasteiger partial charge in [0.2, 0.25) is 5.91 Å². The molecule has 0 spiro atoms. The zero-order chi connectivity index (χ0) is 10.7. The van der Waals surface area contributed by atoms with Crippen LogP contribution in [0.3, 0.4) is 0 Å².